The van der Waals surface area contributed by atoms with Crippen molar-refractivity contribution in [3.8, 4) is 11.5 Å². The third kappa shape index (κ3) is 1.66. The minimum absolute atomic E-state index is 0.817. The van der Waals surface area contributed by atoms with Crippen molar-refractivity contribution >= 4 is 15.9 Å². The van der Waals surface area contributed by atoms with Gasteiger partial charge in [0.15, 0.2) is 0 Å². The molecule has 0 unspecified atom stereocenters. The molecule has 13 heavy (non-hydrogen) atoms. The Bertz CT molecular complexity index is 323. The predicted molar refractivity (Wildman–Crippen MR) is 54.5 cm³/mol. The van der Waals surface area contributed by atoms with Crippen LogP contribution in [0, 0.1) is 0 Å². The van der Waals surface area contributed by atoms with Crippen LogP contribution < -0.4 is 9.47 Å². The van der Waals surface area contributed by atoms with Crippen molar-refractivity contribution in [3.05, 3.63) is 22.2 Å². The van der Waals surface area contributed by atoms with E-state index in [0.29, 0.717) is 0 Å². The fourth-order valence-corrected chi connectivity index (χ4v) is 2.06. The van der Waals surface area contributed by atoms with E-state index >= 15 is 0 Å². The van der Waals surface area contributed by atoms with Gasteiger partial charge in [0, 0.05) is 6.07 Å². The lowest BCUT2D eigenvalue weighted by Gasteiger charge is -2.18. The first-order chi connectivity index (χ1) is 6.31. The van der Waals surface area contributed by atoms with Gasteiger partial charge in [-0.3, -0.25) is 0 Å². The molecule has 0 saturated heterocycles. The van der Waals surface area contributed by atoms with Gasteiger partial charge in [-0.2, -0.15) is 0 Å². The molecule has 0 N–H and O–H groups in total. The number of methoxy groups -OCH3 is 1. The van der Waals surface area contributed by atoms with E-state index in [0.717, 1.165) is 35.4 Å². The first kappa shape index (κ1) is 8.88. The van der Waals surface area contributed by atoms with E-state index in [4.69, 9.17) is 9.47 Å². The van der Waals surface area contributed by atoms with Gasteiger partial charge < -0.3 is 9.47 Å². The van der Waals surface area contributed by atoms with Gasteiger partial charge in [-0.15, -0.1) is 0 Å². The van der Waals surface area contributed by atoms with Gasteiger partial charge in [-0.05, 0) is 40.4 Å². The molecule has 0 saturated carbocycles. The number of ether oxygens (including phenoxy) is 2. The SMILES string of the molecule is COc1cc2c(cc1Br)CCCO2. The Kier molecular flexibility index (Phi) is 2.44. The Hall–Kier alpha value is -0.700. The Labute approximate surface area is 86.0 Å². The van der Waals surface area contributed by atoms with Crippen molar-refractivity contribution in [1.29, 1.82) is 0 Å². The van der Waals surface area contributed by atoms with Gasteiger partial charge in [0.1, 0.15) is 11.5 Å². The van der Waals surface area contributed by atoms with Gasteiger partial charge in [0.25, 0.3) is 0 Å². The summed E-state index contributed by atoms with van der Waals surface area (Å²) in [5.74, 6) is 1.80. The summed E-state index contributed by atoms with van der Waals surface area (Å²) in [6, 6.07) is 4.02. The number of benzene rings is 1. The molecule has 0 spiro atoms. The summed E-state index contributed by atoms with van der Waals surface area (Å²) in [5.41, 5.74) is 1.26. The fraction of sp³-hybridized carbons (Fsp3) is 0.400. The standard InChI is InChI=1S/C10H11BrO2/c1-12-10-6-9-7(5-8(10)11)3-2-4-13-9/h5-6H,2-4H2,1H3. The van der Waals surface area contributed by atoms with Gasteiger partial charge in [-0.25, -0.2) is 0 Å². The number of rotatable bonds is 1. The molecule has 1 aliphatic rings. The highest BCUT2D eigenvalue weighted by Crippen LogP contribution is 2.35. The largest absolute Gasteiger partial charge is 0.495 e. The zero-order valence-corrected chi connectivity index (χ0v) is 9.06. The Balaban J connectivity index is 2.44. The van der Waals surface area contributed by atoms with Gasteiger partial charge in [0.05, 0.1) is 18.2 Å². The highest BCUT2D eigenvalue weighted by Gasteiger charge is 2.13. The van der Waals surface area contributed by atoms with E-state index in [9.17, 15) is 0 Å². The quantitative estimate of drug-likeness (QED) is 0.755. The average Bonchev–Trinajstić information content (AvgIpc) is 2.17. The first-order valence-electron chi connectivity index (χ1n) is 4.30. The molecule has 0 radical (unpaired) electrons. The second-order valence-corrected chi connectivity index (χ2v) is 3.90. The molecule has 0 amide bonds. The van der Waals surface area contributed by atoms with Crippen LogP contribution in [0.2, 0.25) is 0 Å². The van der Waals surface area contributed by atoms with Crippen molar-refractivity contribution in [2.45, 2.75) is 12.8 Å². The molecular formula is C10H11BrO2. The summed E-state index contributed by atoms with van der Waals surface area (Å²) in [6.45, 7) is 0.817. The maximum absolute atomic E-state index is 5.52. The molecule has 0 aliphatic carbocycles. The lowest BCUT2D eigenvalue weighted by molar-refractivity contribution is 0.286. The zero-order valence-electron chi connectivity index (χ0n) is 7.47. The lowest BCUT2D eigenvalue weighted by Crippen LogP contribution is -2.08. The Morgan fingerprint density at radius 2 is 2.31 bits per heavy atom. The molecule has 1 heterocycles. The molecule has 1 aromatic rings. The van der Waals surface area contributed by atoms with Crippen molar-refractivity contribution in [1.82, 2.24) is 0 Å². The van der Waals surface area contributed by atoms with E-state index < -0.39 is 0 Å². The second-order valence-electron chi connectivity index (χ2n) is 3.05. The maximum atomic E-state index is 5.52. The summed E-state index contributed by atoms with van der Waals surface area (Å²) >= 11 is 3.45. The first-order valence-corrected chi connectivity index (χ1v) is 5.10. The summed E-state index contributed by atoms with van der Waals surface area (Å²) in [7, 11) is 1.66. The van der Waals surface area contributed by atoms with Crippen LogP contribution in [0.5, 0.6) is 11.5 Å². The van der Waals surface area contributed by atoms with E-state index in [2.05, 4.69) is 22.0 Å². The maximum Gasteiger partial charge on any atom is 0.136 e. The molecule has 0 bridgehead atoms. The van der Waals surface area contributed by atoms with Crippen LogP contribution in [-0.2, 0) is 6.42 Å². The minimum atomic E-state index is 0.817. The number of hydrogen-bond donors (Lipinski definition) is 0. The van der Waals surface area contributed by atoms with Crippen LogP contribution in [0.25, 0.3) is 0 Å². The van der Waals surface area contributed by atoms with Crippen molar-refractivity contribution in [2.24, 2.45) is 0 Å². The van der Waals surface area contributed by atoms with E-state index in [1.54, 1.807) is 7.11 Å². The van der Waals surface area contributed by atoms with Crippen LogP contribution in [0.1, 0.15) is 12.0 Å². The highest BCUT2D eigenvalue weighted by atomic mass is 79.9. The van der Waals surface area contributed by atoms with E-state index in [1.807, 2.05) is 6.07 Å². The normalized spacial score (nSPS) is 14.6. The predicted octanol–water partition coefficient (Wildman–Crippen LogP) is 2.78. The van der Waals surface area contributed by atoms with Crippen molar-refractivity contribution < 1.29 is 9.47 Å². The second kappa shape index (κ2) is 3.58. The monoisotopic (exact) mass is 242 g/mol. The summed E-state index contributed by atoms with van der Waals surface area (Å²) in [5, 5.41) is 0. The number of fused-ring (bicyclic) bond motifs is 1. The molecule has 0 atom stereocenters. The van der Waals surface area contributed by atoms with Crippen molar-refractivity contribution in [3.63, 3.8) is 0 Å². The molecule has 0 fully saturated rings. The third-order valence-electron chi connectivity index (χ3n) is 2.18. The van der Waals surface area contributed by atoms with Crippen LogP contribution in [-0.4, -0.2) is 13.7 Å². The zero-order chi connectivity index (χ0) is 9.26. The smallest absolute Gasteiger partial charge is 0.136 e. The fourth-order valence-electron chi connectivity index (χ4n) is 1.51. The van der Waals surface area contributed by atoms with Crippen LogP contribution in [0.4, 0.5) is 0 Å². The topological polar surface area (TPSA) is 18.5 Å². The molecule has 2 rings (SSSR count). The Morgan fingerprint density at radius 3 is 3.08 bits per heavy atom. The van der Waals surface area contributed by atoms with Crippen LogP contribution >= 0.6 is 15.9 Å². The minimum Gasteiger partial charge on any atom is -0.495 e. The summed E-state index contributed by atoms with van der Waals surface area (Å²) in [4.78, 5) is 0. The van der Waals surface area contributed by atoms with Crippen LogP contribution in [0.3, 0.4) is 0 Å². The molecule has 1 aromatic carbocycles. The van der Waals surface area contributed by atoms with Gasteiger partial charge in [0.2, 0.25) is 0 Å². The molecule has 1 aliphatic heterocycles. The van der Waals surface area contributed by atoms with Crippen molar-refractivity contribution in [2.75, 3.05) is 13.7 Å². The highest BCUT2D eigenvalue weighted by molar-refractivity contribution is 9.10. The summed E-state index contributed by atoms with van der Waals surface area (Å²) < 4.78 is 11.7. The van der Waals surface area contributed by atoms with E-state index in [-0.39, 0.29) is 0 Å². The molecule has 2 nitrogen and oxygen atoms in total. The molecular weight excluding hydrogens is 232 g/mol. The molecule has 3 heteroatoms. The van der Waals surface area contributed by atoms with Gasteiger partial charge >= 0.3 is 0 Å². The van der Waals surface area contributed by atoms with Crippen LogP contribution in [0.15, 0.2) is 16.6 Å². The molecule has 70 valence electrons. The number of halogens is 1. The van der Waals surface area contributed by atoms with E-state index in [1.165, 1.54) is 5.56 Å². The number of hydrogen-bond acceptors (Lipinski definition) is 2. The third-order valence-corrected chi connectivity index (χ3v) is 2.80. The van der Waals surface area contributed by atoms with Gasteiger partial charge in [-0.1, -0.05) is 0 Å². The number of aryl methyl sites for hydroxylation is 1. The average molecular weight is 243 g/mol. The summed E-state index contributed by atoms with van der Waals surface area (Å²) in [6.07, 6.45) is 2.20. The lowest BCUT2D eigenvalue weighted by atomic mass is 10.1. The molecule has 0 aromatic heterocycles. The Morgan fingerprint density at radius 1 is 1.46 bits per heavy atom.